The monoisotopic (exact) mass is 545 g/mol. The van der Waals surface area contributed by atoms with Crippen LogP contribution in [0.5, 0.6) is 11.5 Å². The first-order valence-corrected chi connectivity index (χ1v) is 10.3. The summed E-state index contributed by atoms with van der Waals surface area (Å²) in [5, 5.41) is 7.66. The van der Waals surface area contributed by atoms with Gasteiger partial charge in [-0.2, -0.15) is 0 Å². The molecule has 1 amide bonds. The molecule has 8 nitrogen and oxygen atoms in total. The maximum atomic E-state index is 11.8. The van der Waals surface area contributed by atoms with Crippen molar-refractivity contribution in [3.63, 3.8) is 0 Å². The number of aliphatic imine (C=N–C) groups is 1. The zero-order valence-corrected chi connectivity index (χ0v) is 21.7. The highest BCUT2D eigenvalue weighted by molar-refractivity contribution is 14.0. The van der Waals surface area contributed by atoms with E-state index < -0.39 is 0 Å². The molecular formula is C22H36IN5O3. The van der Waals surface area contributed by atoms with Crippen molar-refractivity contribution in [3.05, 3.63) is 23.9 Å². The van der Waals surface area contributed by atoms with Crippen molar-refractivity contribution in [2.75, 3.05) is 47.9 Å². The zero-order chi connectivity index (χ0) is 22.1. The molecule has 0 aliphatic carbocycles. The predicted molar refractivity (Wildman–Crippen MR) is 137 cm³/mol. The number of aromatic amines is 1. The SMILES string of the molecule is COc1cc(OC)c2cc(CCCNC(=NCC(=O)N(C)C)NCC(C)C)[nH]c2c1.I. The molecule has 0 aliphatic rings. The van der Waals surface area contributed by atoms with Crippen LogP contribution in [-0.4, -0.2) is 69.7 Å². The average molecular weight is 545 g/mol. The van der Waals surface area contributed by atoms with E-state index in [0.29, 0.717) is 11.9 Å². The highest BCUT2D eigenvalue weighted by Crippen LogP contribution is 2.31. The maximum Gasteiger partial charge on any atom is 0.243 e. The molecule has 0 saturated heterocycles. The number of fused-ring (bicyclic) bond motifs is 1. The molecule has 0 fully saturated rings. The van der Waals surface area contributed by atoms with Crippen LogP contribution in [0.1, 0.15) is 26.0 Å². The fraction of sp³-hybridized carbons (Fsp3) is 0.545. The van der Waals surface area contributed by atoms with Crippen LogP contribution in [0.4, 0.5) is 0 Å². The summed E-state index contributed by atoms with van der Waals surface area (Å²) in [6.45, 7) is 5.94. The molecule has 1 heterocycles. The quantitative estimate of drug-likeness (QED) is 0.185. The Labute approximate surface area is 202 Å². The number of nitrogens with one attached hydrogen (secondary N) is 3. The largest absolute Gasteiger partial charge is 0.497 e. The van der Waals surface area contributed by atoms with E-state index in [9.17, 15) is 4.79 Å². The summed E-state index contributed by atoms with van der Waals surface area (Å²) in [7, 11) is 6.78. The van der Waals surface area contributed by atoms with E-state index in [4.69, 9.17) is 9.47 Å². The maximum absolute atomic E-state index is 11.8. The Bertz CT molecular complexity index is 864. The van der Waals surface area contributed by atoms with Crippen molar-refractivity contribution < 1.29 is 14.3 Å². The number of aromatic nitrogens is 1. The second kappa shape index (κ2) is 13.3. The molecule has 0 saturated carbocycles. The van der Waals surface area contributed by atoms with Crippen LogP contribution in [0.15, 0.2) is 23.2 Å². The lowest BCUT2D eigenvalue weighted by Crippen LogP contribution is -2.40. The smallest absolute Gasteiger partial charge is 0.243 e. The van der Waals surface area contributed by atoms with Crippen molar-refractivity contribution in [3.8, 4) is 11.5 Å². The summed E-state index contributed by atoms with van der Waals surface area (Å²) >= 11 is 0. The van der Waals surface area contributed by atoms with Crippen LogP contribution in [0.3, 0.4) is 0 Å². The third kappa shape index (κ3) is 8.47. The molecule has 0 spiro atoms. The summed E-state index contributed by atoms with van der Waals surface area (Å²) in [5.41, 5.74) is 2.13. The number of likely N-dealkylation sites (N-methyl/N-ethyl adjacent to an activating group) is 1. The van der Waals surface area contributed by atoms with E-state index >= 15 is 0 Å². The van der Waals surface area contributed by atoms with Crippen LogP contribution < -0.4 is 20.1 Å². The predicted octanol–water partition coefficient (Wildman–Crippen LogP) is 3.02. The second-order valence-electron chi connectivity index (χ2n) is 7.84. The Morgan fingerprint density at radius 2 is 1.90 bits per heavy atom. The summed E-state index contributed by atoms with van der Waals surface area (Å²) in [6, 6.07) is 5.98. The highest BCUT2D eigenvalue weighted by Gasteiger charge is 2.09. The number of methoxy groups -OCH3 is 2. The molecule has 2 aromatic rings. The minimum atomic E-state index is -0.0249. The molecule has 0 atom stereocenters. The van der Waals surface area contributed by atoms with Gasteiger partial charge in [0, 0.05) is 50.4 Å². The van der Waals surface area contributed by atoms with E-state index in [1.807, 2.05) is 12.1 Å². The first kappa shape index (κ1) is 26.9. The third-order valence-electron chi connectivity index (χ3n) is 4.65. The number of ether oxygens (including phenoxy) is 2. The third-order valence-corrected chi connectivity index (χ3v) is 4.65. The van der Waals surface area contributed by atoms with Gasteiger partial charge in [-0.05, 0) is 24.8 Å². The molecule has 31 heavy (non-hydrogen) atoms. The number of H-pyrrole nitrogens is 1. The van der Waals surface area contributed by atoms with Gasteiger partial charge in [0.1, 0.15) is 18.0 Å². The van der Waals surface area contributed by atoms with E-state index in [0.717, 1.165) is 54.0 Å². The number of halogens is 1. The molecule has 0 aliphatic heterocycles. The number of amides is 1. The number of hydrogen-bond acceptors (Lipinski definition) is 4. The first-order chi connectivity index (χ1) is 14.3. The van der Waals surface area contributed by atoms with E-state index in [-0.39, 0.29) is 36.4 Å². The molecule has 9 heteroatoms. The van der Waals surface area contributed by atoms with E-state index in [1.54, 1.807) is 33.2 Å². The van der Waals surface area contributed by atoms with Gasteiger partial charge in [-0.25, -0.2) is 4.99 Å². The molecule has 0 bridgehead atoms. The Morgan fingerprint density at radius 1 is 1.16 bits per heavy atom. The van der Waals surface area contributed by atoms with Crippen LogP contribution in [0.2, 0.25) is 0 Å². The van der Waals surface area contributed by atoms with Crippen molar-refractivity contribution >= 4 is 46.7 Å². The molecular weight excluding hydrogens is 509 g/mol. The fourth-order valence-electron chi connectivity index (χ4n) is 2.91. The standard InChI is InChI=1S/C22H35N5O3.HI/c1-15(2)13-24-22(25-14-21(28)27(3)4)23-9-7-8-16-10-18-19(26-16)11-17(29-5)12-20(18)30-6;/h10-12,15,26H,7-9,13-14H2,1-6H3,(H2,23,24,25);1H. The summed E-state index contributed by atoms with van der Waals surface area (Å²) in [4.78, 5) is 21.2. The lowest BCUT2D eigenvalue weighted by atomic mass is 10.2. The van der Waals surface area contributed by atoms with Gasteiger partial charge < -0.3 is 30.0 Å². The molecule has 1 aromatic heterocycles. The van der Waals surface area contributed by atoms with Crippen molar-refractivity contribution in [1.29, 1.82) is 0 Å². The van der Waals surface area contributed by atoms with Gasteiger partial charge >= 0.3 is 0 Å². The van der Waals surface area contributed by atoms with Gasteiger partial charge in [0.25, 0.3) is 0 Å². The number of hydrogen-bond donors (Lipinski definition) is 3. The van der Waals surface area contributed by atoms with Gasteiger partial charge in [-0.1, -0.05) is 13.8 Å². The minimum Gasteiger partial charge on any atom is -0.497 e. The zero-order valence-electron chi connectivity index (χ0n) is 19.4. The van der Waals surface area contributed by atoms with Crippen molar-refractivity contribution in [1.82, 2.24) is 20.5 Å². The summed E-state index contributed by atoms with van der Waals surface area (Å²) < 4.78 is 10.8. The summed E-state index contributed by atoms with van der Waals surface area (Å²) in [6.07, 6.45) is 1.79. The van der Waals surface area contributed by atoms with Gasteiger partial charge in [0.15, 0.2) is 5.96 Å². The number of rotatable bonds is 10. The van der Waals surface area contributed by atoms with E-state index in [2.05, 4.69) is 40.5 Å². The lowest BCUT2D eigenvalue weighted by molar-refractivity contribution is -0.127. The number of aryl methyl sites for hydroxylation is 1. The summed E-state index contributed by atoms with van der Waals surface area (Å²) in [5.74, 6) is 2.69. The number of guanidine groups is 1. The van der Waals surface area contributed by atoms with Crippen molar-refractivity contribution in [2.45, 2.75) is 26.7 Å². The molecule has 3 N–H and O–H groups in total. The van der Waals surface area contributed by atoms with Crippen LogP contribution >= 0.6 is 24.0 Å². The fourth-order valence-corrected chi connectivity index (χ4v) is 2.91. The molecule has 1 aromatic carbocycles. The number of carbonyl (C=O) groups is 1. The first-order valence-electron chi connectivity index (χ1n) is 10.3. The van der Waals surface area contributed by atoms with Crippen molar-refractivity contribution in [2.24, 2.45) is 10.9 Å². The number of benzene rings is 1. The molecule has 0 unspecified atom stereocenters. The lowest BCUT2D eigenvalue weighted by Gasteiger charge is -2.15. The van der Waals surface area contributed by atoms with E-state index in [1.165, 1.54) is 0 Å². The average Bonchev–Trinajstić information content (AvgIpc) is 3.13. The Balaban J connectivity index is 0.00000480. The molecule has 174 valence electrons. The Kier molecular flexibility index (Phi) is 11.5. The Morgan fingerprint density at radius 3 is 2.52 bits per heavy atom. The van der Waals surface area contributed by atoms with Crippen LogP contribution in [-0.2, 0) is 11.2 Å². The van der Waals surface area contributed by atoms with Crippen LogP contribution in [0.25, 0.3) is 10.9 Å². The van der Waals surface area contributed by atoms with Gasteiger partial charge in [0.05, 0.1) is 19.7 Å². The van der Waals surface area contributed by atoms with Gasteiger partial charge in [0.2, 0.25) is 5.91 Å². The Hall–Kier alpha value is -2.17. The topological polar surface area (TPSA) is 91.0 Å². The number of nitrogens with zero attached hydrogens (tertiary/aromatic N) is 2. The molecule has 0 radical (unpaired) electrons. The minimum absolute atomic E-state index is 0. The number of carbonyl (C=O) groups excluding carboxylic acids is 1. The van der Waals surface area contributed by atoms with Gasteiger partial charge in [-0.3, -0.25) is 4.79 Å². The molecule has 2 rings (SSSR count). The van der Waals surface area contributed by atoms with Gasteiger partial charge in [-0.15, -0.1) is 24.0 Å². The second-order valence-corrected chi connectivity index (χ2v) is 7.84. The normalized spacial score (nSPS) is 11.3. The van der Waals surface area contributed by atoms with Crippen LogP contribution in [0, 0.1) is 5.92 Å². The highest BCUT2D eigenvalue weighted by atomic mass is 127.